The van der Waals surface area contributed by atoms with Gasteiger partial charge in [0.25, 0.3) is 0 Å². The molecule has 0 radical (unpaired) electrons. The molecule has 29 heavy (non-hydrogen) atoms. The molecule has 2 aromatic heterocycles. The number of hydrogen-bond acceptors (Lipinski definition) is 6. The van der Waals surface area contributed by atoms with Gasteiger partial charge in [0, 0.05) is 43.4 Å². The number of hydrogen-bond donors (Lipinski definition) is 3. The molecule has 3 N–H and O–H groups in total. The minimum atomic E-state index is 0.282. The largest absolute Gasteiger partial charge is 0.368 e. The fraction of sp³-hybridized carbons (Fsp3) is 0.400. The van der Waals surface area contributed by atoms with Crippen LogP contribution in [0.5, 0.6) is 0 Å². The van der Waals surface area contributed by atoms with Gasteiger partial charge in [-0.25, -0.2) is 9.97 Å². The van der Waals surface area contributed by atoms with Gasteiger partial charge in [-0.3, -0.25) is 9.67 Å². The van der Waals surface area contributed by atoms with Crippen LogP contribution in [0.15, 0.2) is 52.7 Å². The predicted molar refractivity (Wildman–Crippen MR) is 118 cm³/mol. The maximum atomic E-state index is 4.34. The molecule has 8 nitrogen and oxygen atoms in total. The summed E-state index contributed by atoms with van der Waals surface area (Å²) in [6.07, 6.45) is 5.80. The third-order valence-corrected chi connectivity index (χ3v) is 6.42. The van der Waals surface area contributed by atoms with E-state index >= 15 is 0 Å². The van der Waals surface area contributed by atoms with Crippen LogP contribution in [-0.2, 0) is 7.05 Å². The van der Waals surface area contributed by atoms with E-state index in [2.05, 4.69) is 66.3 Å². The second-order valence-electron chi connectivity index (χ2n) is 7.11. The Morgan fingerprint density at radius 1 is 1.17 bits per heavy atom. The number of aromatic nitrogens is 4. The van der Waals surface area contributed by atoms with Crippen LogP contribution < -0.4 is 16.0 Å². The molecule has 3 aromatic rings. The first kappa shape index (κ1) is 19.5. The lowest BCUT2D eigenvalue weighted by molar-refractivity contribution is 0.769. The number of benzene rings is 1. The molecule has 1 aromatic carbocycles. The van der Waals surface area contributed by atoms with Crippen LogP contribution in [0.1, 0.15) is 12.8 Å². The van der Waals surface area contributed by atoms with Crippen LogP contribution in [0.2, 0.25) is 0 Å². The molecule has 1 aliphatic carbocycles. The van der Waals surface area contributed by atoms with Crippen molar-refractivity contribution in [2.45, 2.75) is 22.5 Å². The number of aryl methyl sites for hydroxylation is 1. The van der Waals surface area contributed by atoms with Crippen molar-refractivity contribution in [3.8, 4) is 0 Å². The van der Waals surface area contributed by atoms with Crippen LogP contribution in [0.3, 0.4) is 0 Å². The Labute approximate surface area is 174 Å². The van der Waals surface area contributed by atoms with Gasteiger partial charge in [-0.05, 0) is 25.0 Å². The highest BCUT2D eigenvalue weighted by Gasteiger charge is 2.43. The Bertz CT molecular complexity index is 981. The Hall–Kier alpha value is -2.81. The molecular formula is C20H26N8S. The van der Waals surface area contributed by atoms with E-state index in [4.69, 9.17) is 0 Å². The molecule has 1 aliphatic rings. The van der Waals surface area contributed by atoms with Gasteiger partial charge in [0.05, 0.1) is 11.6 Å². The van der Waals surface area contributed by atoms with Crippen molar-refractivity contribution in [2.24, 2.45) is 12.0 Å². The molecule has 0 amide bonds. The van der Waals surface area contributed by atoms with Gasteiger partial charge < -0.3 is 16.0 Å². The van der Waals surface area contributed by atoms with Crippen molar-refractivity contribution in [3.05, 3.63) is 42.9 Å². The number of fused-ring (bicyclic) bond motifs is 1. The summed E-state index contributed by atoms with van der Waals surface area (Å²) in [5.41, 5.74) is 0.818. The lowest BCUT2D eigenvalue weighted by atomic mass is 10.4. The lowest BCUT2D eigenvalue weighted by Gasteiger charge is -2.18. The fourth-order valence-electron chi connectivity index (χ4n) is 3.12. The monoisotopic (exact) mass is 410 g/mol. The van der Waals surface area contributed by atoms with Crippen molar-refractivity contribution in [2.75, 3.05) is 32.0 Å². The maximum absolute atomic E-state index is 4.34. The summed E-state index contributed by atoms with van der Waals surface area (Å²) >= 11 is 1.96. The zero-order chi connectivity index (χ0) is 20.1. The lowest BCUT2D eigenvalue weighted by Crippen LogP contribution is -2.42. The zero-order valence-electron chi connectivity index (χ0n) is 16.7. The molecule has 4 rings (SSSR count). The van der Waals surface area contributed by atoms with E-state index in [0.29, 0.717) is 6.54 Å². The van der Waals surface area contributed by atoms with Gasteiger partial charge in [-0.2, -0.15) is 5.10 Å². The summed E-state index contributed by atoms with van der Waals surface area (Å²) in [5.74, 6) is 1.62. The number of anilines is 1. The Balaban J connectivity index is 1.23. The second-order valence-corrected chi connectivity index (χ2v) is 8.65. The summed E-state index contributed by atoms with van der Waals surface area (Å²) < 4.78 is 2.03. The summed E-state index contributed by atoms with van der Waals surface area (Å²) in [5, 5.41) is 15.3. The third kappa shape index (κ3) is 4.79. The summed E-state index contributed by atoms with van der Waals surface area (Å²) in [4.78, 5) is 14.2. The molecule has 0 atom stereocenters. The van der Waals surface area contributed by atoms with Gasteiger partial charge >= 0.3 is 0 Å². The predicted octanol–water partition coefficient (Wildman–Crippen LogP) is 2.27. The first-order valence-corrected chi connectivity index (χ1v) is 10.6. The maximum Gasteiger partial charge on any atom is 0.191 e. The molecule has 1 saturated carbocycles. The van der Waals surface area contributed by atoms with E-state index in [1.54, 1.807) is 24.3 Å². The number of nitrogens with one attached hydrogen (secondary N) is 3. The highest BCUT2D eigenvalue weighted by Crippen LogP contribution is 2.51. The quantitative estimate of drug-likeness (QED) is 0.298. The molecule has 0 saturated heterocycles. The average molecular weight is 411 g/mol. The standard InChI is InChI=1S/C20H26N8S/c1-21-19(24-13-20(8-9-20)29-15-6-4-3-5-7-15)23-11-10-22-17-16-12-27-28(2)18(16)26-14-25-17/h3-7,12,14H,8-11,13H2,1-2H3,(H2,21,23,24)(H,22,25,26). The van der Waals surface area contributed by atoms with E-state index in [-0.39, 0.29) is 4.75 Å². The van der Waals surface area contributed by atoms with E-state index in [9.17, 15) is 0 Å². The molecule has 0 spiro atoms. The molecule has 0 unspecified atom stereocenters. The minimum absolute atomic E-state index is 0.282. The topological polar surface area (TPSA) is 92.1 Å². The van der Waals surface area contributed by atoms with Crippen LogP contribution in [0, 0.1) is 0 Å². The average Bonchev–Trinajstić information content (AvgIpc) is 3.41. The summed E-state index contributed by atoms with van der Waals surface area (Å²) in [6, 6.07) is 10.6. The molecule has 9 heteroatoms. The van der Waals surface area contributed by atoms with Crippen LogP contribution in [0.25, 0.3) is 11.0 Å². The Morgan fingerprint density at radius 2 is 2.00 bits per heavy atom. The number of aliphatic imine (C=N–C) groups is 1. The first-order valence-electron chi connectivity index (χ1n) is 9.74. The number of nitrogens with zero attached hydrogens (tertiary/aromatic N) is 5. The van der Waals surface area contributed by atoms with E-state index in [1.165, 1.54) is 17.7 Å². The van der Waals surface area contributed by atoms with Crippen molar-refractivity contribution in [1.82, 2.24) is 30.4 Å². The van der Waals surface area contributed by atoms with E-state index in [1.807, 2.05) is 18.8 Å². The normalized spacial score (nSPS) is 15.3. The van der Waals surface area contributed by atoms with Crippen molar-refractivity contribution >= 4 is 34.6 Å². The summed E-state index contributed by atoms with van der Waals surface area (Å²) in [7, 11) is 3.68. The third-order valence-electron chi connectivity index (χ3n) is 4.93. The van der Waals surface area contributed by atoms with E-state index in [0.717, 1.165) is 35.9 Å². The molecule has 1 fully saturated rings. The molecule has 2 heterocycles. The first-order chi connectivity index (χ1) is 14.2. The molecule has 0 aliphatic heterocycles. The van der Waals surface area contributed by atoms with E-state index < -0.39 is 0 Å². The van der Waals surface area contributed by atoms with Crippen molar-refractivity contribution in [1.29, 1.82) is 0 Å². The van der Waals surface area contributed by atoms with Crippen molar-refractivity contribution < 1.29 is 0 Å². The molecule has 0 bridgehead atoms. The number of thioether (sulfide) groups is 1. The minimum Gasteiger partial charge on any atom is -0.368 e. The van der Waals surface area contributed by atoms with Gasteiger partial charge in [0.1, 0.15) is 12.1 Å². The van der Waals surface area contributed by atoms with Gasteiger partial charge in [0.2, 0.25) is 0 Å². The zero-order valence-corrected chi connectivity index (χ0v) is 17.5. The van der Waals surface area contributed by atoms with Crippen LogP contribution in [0.4, 0.5) is 5.82 Å². The highest BCUT2D eigenvalue weighted by atomic mass is 32.2. The summed E-state index contributed by atoms with van der Waals surface area (Å²) in [6.45, 7) is 2.34. The van der Waals surface area contributed by atoms with Crippen LogP contribution >= 0.6 is 11.8 Å². The smallest absolute Gasteiger partial charge is 0.191 e. The Morgan fingerprint density at radius 3 is 2.76 bits per heavy atom. The number of guanidine groups is 1. The fourth-order valence-corrected chi connectivity index (χ4v) is 4.37. The Kier molecular flexibility index (Phi) is 5.84. The second kappa shape index (κ2) is 8.69. The highest BCUT2D eigenvalue weighted by molar-refractivity contribution is 8.01. The SMILES string of the molecule is CN=C(NCCNc1ncnc2c1cnn2C)NCC1(Sc2ccccc2)CC1. The van der Waals surface area contributed by atoms with Gasteiger partial charge in [-0.15, -0.1) is 11.8 Å². The number of rotatable bonds is 8. The van der Waals surface area contributed by atoms with Gasteiger partial charge in [-0.1, -0.05) is 18.2 Å². The van der Waals surface area contributed by atoms with Crippen molar-refractivity contribution in [3.63, 3.8) is 0 Å². The molecular weight excluding hydrogens is 384 g/mol. The van der Waals surface area contributed by atoms with Crippen LogP contribution in [-0.4, -0.2) is 57.1 Å². The molecule has 152 valence electrons. The van der Waals surface area contributed by atoms with Gasteiger partial charge in [0.15, 0.2) is 11.6 Å².